The lowest BCUT2D eigenvalue weighted by atomic mass is 9.79. The molecule has 0 saturated heterocycles. The Hall–Kier alpha value is -0.905. The van der Waals surface area contributed by atoms with E-state index in [4.69, 9.17) is 14.8 Å². The van der Waals surface area contributed by atoms with Gasteiger partial charge in [-0.25, -0.2) is 4.39 Å². The van der Waals surface area contributed by atoms with Crippen LogP contribution in [-0.2, 0) is 11.3 Å². The Morgan fingerprint density at radius 3 is 2.65 bits per heavy atom. The van der Waals surface area contributed by atoms with Crippen molar-refractivity contribution < 1.29 is 19.2 Å². The van der Waals surface area contributed by atoms with Crippen LogP contribution in [0, 0.1) is 17.7 Å². The number of hydrogen-bond donors (Lipinski definition) is 2. The topological polar surface area (TPSA) is 49.7 Å². The summed E-state index contributed by atoms with van der Waals surface area (Å²) >= 11 is 0. The molecule has 20 heavy (non-hydrogen) atoms. The van der Waals surface area contributed by atoms with Crippen molar-refractivity contribution in [2.45, 2.75) is 45.8 Å². The molecule has 1 aliphatic carbocycles. The highest BCUT2D eigenvalue weighted by Gasteiger charge is 2.25. The highest BCUT2D eigenvalue weighted by atomic mass is 19.1. The van der Waals surface area contributed by atoms with Crippen molar-refractivity contribution in [3.63, 3.8) is 0 Å². The second kappa shape index (κ2) is 6.70. The van der Waals surface area contributed by atoms with Crippen LogP contribution < -0.4 is 5.46 Å². The first-order chi connectivity index (χ1) is 9.47. The molecule has 0 radical (unpaired) electrons. The van der Waals surface area contributed by atoms with Gasteiger partial charge in [0.05, 0.1) is 12.7 Å². The first-order valence-electron chi connectivity index (χ1n) is 7.23. The van der Waals surface area contributed by atoms with Crippen molar-refractivity contribution >= 4 is 12.6 Å². The Kier molecular flexibility index (Phi) is 5.19. The van der Waals surface area contributed by atoms with Crippen molar-refractivity contribution in [1.82, 2.24) is 0 Å². The predicted octanol–water partition coefficient (Wildman–Crippen LogP) is 1.85. The third-order valence-corrected chi connectivity index (χ3v) is 4.37. The lowest BCUT2D eigenvalue weighted by molar-refractivity contribution is -0.00744. The minimum absolute atomic E-state index is 0.100. The number of benzene rings is 1. The zero-order valence-corrected chi connectivity index (χ0v) is 12.1. The van der Waals surface area contributed by atoms with Gasteiger partial charge >= 0.3 is 7.12 Å². The van der Waals surface area contributed by atoms with E-state index < -0.39 is 12.9 Å². The smallest absolute Gasteiger partial charge is 0.423 e. The van der Waals surface area contributed by atoms with Gasteiger partial charge in [-0.15, -0.1) is 0 Å². The van der Waals surface area contributed by atoms with Crippen molar-refractivity contribution in [2.75, 3.05) is 0 Å². The van der Waals surface area contributed by atoms with Crippen molar-refractivity contribution in [3.05, 3.63) is 29.6 Å². The molecule has 5 heteroatoms. The van der Waals surface area contributed by atoms with Gasteiger partial charge in [0.1, 0.15) is 5.82 Å². The first-order valence-corrected chi connectivity index (χ1v) is 7.23. The normalized spacial score (nSPS) is 26.6. The van der Waals surface area contributed by atoms with Gasteiger partial charge in [0, 0.05) is 5.46 Å². The van der Waals surface area contributed by atoms with Crippen molar-refractivity contribution in [2.24, 2.45) is 11.8 Å². The molecular formula is C15H22BFO3. The largest absolute Gasteiger partial charge is 0.491 e. The molecular weight excluding hydrogens is 258 g/mol. The number of rotatable bonds is 4. The predicted molar refractivity (Wildman–Crippen MR) is 77.0 cm³/mol. The molecule has 0 bridgehead atoms. The molecule has 3 atom stereocenters. The summed E-state index contributed by atoms with van der Waals surface area (Å²) in [6, 6.07) is 4.32. The summed E-state index contributed by atoms with van der Waals surface area (Å²) in [6.45, 7) is 4.90. The van der Waals surface area contributed by atoms with E-state index in [0.29, 0.717) is 12.5 Å². The van der Waals surface area contributed by atoms with E-state index in [2.05, 4.69) is 13.8 Å². The van der Waals surface area contributed by atoms with Crippen LogP contribution in [0.5, 0.6) is 0 Å². The molecule has 0 heterocycles. The maximum absolute atomic E-state index is 13.3. The lowest BCUT2D eigenvalue weighted by Crippen LogP contribution is -2.33. The molecule has 0 aromatic heterocycles. The summed E-state index contributed by atoms with van der Waals surface area (Å²) in [7, 11) is -1.79. The molecule has 1 aromatic rings. The standard InChI is InChI=1S/C15H22BFO3/c1-10-3-5-13(7-11(10)2)20-9-12-4-6-15(17)14(8-12)16(18)19/h4,6,8,10-11,13,18-19H,3,5,7,9H2,1-2H3. The third-order valence-electron chi connectivity index (χ3n) is 4.37. The highest BCUT2D eigenvalue weighted by molar-refractivity contribution is 6.58. The molecule has 1 fully saturated rings. The van der Waals surface area contributed by atoms with E-state index in [1.54, 1.807) is 6.07 Å². The minimum Gasteiger partial charge on any atom is -0.423 e. The summed E-state index contributed by atoms with van der Waals surface area (Å²) in [5.41, 5.74) is 0.664. The molecule has 1 saturated carbocycles. The average molecular weight is 280 g/mol. The molecule has 0 amide bonds. The maximum Gasteiger partial charge on any atom is 0.491 e. The quantitative estimate of drug-likeness (QED) is 0.827. The van der Waals surface area contributed by atoms with Gasteiger partial charge in [0.25, 0.3) is 0 Å². The minimum atomic E-state index is -1.79. The fourth-order valence-corrected chi connectivity index (χ4v) is 2.74. The van der Waals surface area contributed by atoms with Gasteiger partial charge in [-0.2, -0.15) is 0 Å². The van der Waals surface area contributed by atoms with Crippen LogP contribution in [-0.4, -0.2) is 23.3 Å². The van der Waals surface area contributed by atoms with Gasteiger partial charge < -0.3 is 14.8 Å². The van der Waals surface area contributed by atoms with Gasteiger partial charge in [-0.05, 0) is 42.7 Å². The molecule has 3 unspecified atom stereocenters. The molecule has 3 nitrogen and oxygen atoms in total. The average Bonchev–Trinajstić information content (AvgIpc) is 2.41. The summed E-state index contributed by atoms with van der Waals surface area (Å²) in [6.07, 6.45) is 3.53. The zero-order valence-electron chi connectivity index (χ0n) is 12.1. The number of halogens is 1. The van der Waals surface area contributed by atoms with E-state index in [9.17, 15) is 4.39 Å². The monoisotopic (exact) mass is 280 g/mol. The molecule has 2 rings (SSSR count). The second-order valence-corrected chi connectivity index (χ2v) is 5.93. The van der Waals surface area contributed by atoms with E-state index in [1.165, 1.54) is 18.6 Å². The zero-order chi connectivity index (χ0) is 14.7. The summed E-state index contributed by atoms with van der Waals surface area (Å²) in [5.74, 6) is 0.803. The number of ether oxygens (including phenoxy) is 1. The lowest BCUT2D eigenvalue weighted by Gasteiger charge is -2.32. The van der Waals surface area contributed by atoms with Gasteiger partial charge in [0.15, 0.2) is 0 Å². The van der Waals surface area contributed by atoms with Crippen LogP contribution in [0.4, 0.5) is 4.39 Å². The van der Waals surface area contributed by atoms with E-state index in [-0.39, 0.29) is 11.6 Å². The molecule has 1 aliphatic rings. The SMILES string of the molecule is CC1CCC(OCc2ccc(F)c(B(O)O)c2)CC1C. The first kappa shape index (κ1) is 15.5. The van der Waals surface area contributed by atoms with Gasteiger partial charge in [-0.1, -0.05) is 26.0 Å². The molecule has 110 valence electrons. The van der Waals surface area contributed by atoms with Crippen LogP contribution in [0.25, 0.3) is 0 Å². The maximum atomic E-state index is 13.3. The summed E-state index contributed by atoms with van der Waals surface area (Å²) in [4.78, 5) is 0. The fourth-order valence-electron chi connectivity index (χ4n) is 2.74. The Labute approximate surface area is 119 Å². The molecule has 0 spiro atoms. The van der Waals surface area contributed by atoms with Crippen LogP contribution >= 0.6 is 0 Å². The van der Waals surface area contributed by atoms with Gasteiger partial charge in [-0.3, -0.25) is 0 Å². The fraction of sp³-hybridized carbons (Fsp3) is 0.600. The Morgan fingerprint density at radius 1 is 1.25 bits per heavy atom. The highest BCUT2D eigenvalue weighted by Crippen LogP contribution is 2.31. The van der Waals surface area contributed by atoms with Crippen LogP contribution in [0.2, 0.25) is 0 Å². The van der Waals surface area contributed by atoms with Crippen LogP contribution in [0.15, 0.2) is 18.2 Å². The van der Waals surface area contributed by atoms with Crippen molar-refractivity contribution in [1.29, 1.82) is 0 Å². The van der Waals surface area contributed by atoms with E-state index in [0.717, 1.165) is 24.3 Å². The van der Waals surface area contributed by atoms with Crippen molar-refractivity contribution in [3.8, 4) is 0 Å². The van der Waals surface area contributed by atoms with Gasteiger partial charge in [0.2, 0.25) is 0 Å². The Balaban J connectivity index is 1.93. The van der Waals surface area contributed by atoms with Crippen LogP contribution in [0.1, 0.15) is 38.7 Å². The van der Waals surface area contributed by atoms with E-state index in [1.807, 2.05) is 0 Å². The second-order valence-electron chi connectivity index (χ2n) is 5.93. The summed E-state index contributed by atoms with van der Waals surface area (Å²) in [5, 5.41) is 18.2. The summed E-state index contributed by atoms with van der Waals surface area (Å²) < 4.78 is 19.2. The Morgan fingerprint density at radius 2 is 2.00 bits per heavy atom. The van der Waals surface area contributed by atoms with Crippen LogP contribution in [0.3, 0.4) is 0 Å². The number of hydrogen-bond acceptors (Lipinski definition) is 3. The van der Waals surface area contributed by atoms with E-state index >= 15 is 0 Å². The Bertz CT molecular complexity index is 453. The molecule has 2 N–H and O–H groups in total. The molecule has 0 aliphatic heterocycles. The third kappa shape index (κ3) is 3.81. The molecule has 1 aromatic carbocycles.